The zero-order valence-corrected chi connectivity index (χ0v) is 50.1. The quantitative estimate of drug-likeness (QED) is 0.154. The fraction of sp³-hybridized carbons (Fsp3) is 0.324. The van der Waals surface area contributed by atoms with Gasteiger partial charge in [0.15, 0.2) is 0 Å². The Morgan fingerprint density at radius 2 is 0.987 bits per heavy atom. The van der Waals surface area contributed by atoms with Crippen LogP contribution in [-0.2, 0) is 32.5 Å². The highest BCUT2D eigenvalue weighted by Gasteiger charge is 2.50. The first-order valence-electron chi connectivity index (χ1n) is 29.2. The van der Waals surface area contributed by atoms with Crippen molar-refractivity contribution in [2.24, 2.45) is 0 Å². The van der Waals surface area contributed by atoms with Crippen molar-refractivity contribution in [1.29, 1.82) is 0 Å². The molecule has 5 heteroatoms. The molecule has 2 aliphatic carbocycles. The molecule has 4 aliphatic rings. The van der Waals surface area contributed by atoms with E-state index in [0.717, 1.165) is 36.3 Å². The van der Waals surface area contributed by atoms with Gasteiger partial charge in [-0.15, -0.1) is 11.3 Å². The summed E-state index contributed by atoms with van der Waals surface area (Å²) in [5.41, 5.74) is 24.8. The maximum atomic E-state index is 2.79. The summed E-state index contributed by atoms with van der Waals surface area (Å²) in [5.74, 6) is 0. The fourth-order valence-electron chi connectivity index (χ4n) is 14.2. The third-order valence-corrected chi connectivity index (χ3v) is 20.2. The highest BCUT2D eigenvalue weighted by molar-refractivity contribution is 7.26. The highest BCUT2D eigenvalue weighted by atomic mass is 32.1. The van der Waals surface area contributed by atoms with E-state index in [1.165, 1.54) is 111 Å². The van der Waals surface area contributed by atoms with E-state index < -0.39 is 0 Å². The van der Waals surface area contributed by atoms with Gasteiger partial charge in [-0.25, -0.2) is 0 Å². The van der Waals surface area contributed by atoms with Crippen LogP contribution in [0.15, 0.2) is 170 Å². The molecule has 0 amide bonds. The van der Waals surface area contributed by atoms with Crippen LogP contribution in [0.3, 0.4) is 0 Å². The summed E-state index contributed by atoms with van der Waals surface area (Å²) in [5, 5.41) is 2.66. The molecule has 398 valence electrons. The molecule has 0 N–H and O–H groups in total. The monoisotopic (exact) mass is 1050 g/mol. The fourth-order valence-corrected chi connectivity index (χ4v) is 15.4. The SMILES string of the molecule is CC(C)(C)c1ccc(N2c3cc(N(c4ccccc4)c4ccccc4)cc4c3B(c3ccc5c(c3N4c3ccc4c(c3)C(C)(C)CCC4(C)C)C(C)(C)CCC5(C)C)c3c2sc2ccc(C(C)(C)C)cc32)c(-c2ccccc2)c1. The summed E-state index contributed by atoms with van der Waals surface area (Å²) in [6.07, 6.45) is 4.58. The van der Waals surface area contributed by atoms with Crippen LogP contribution in [0.25, 0.3) is 21.2 Å². The van der Waals surface area contributed by atoms with Gasteiger partial charge in [0.25, 0.3) is 6.71 Å². The molecule has 0 fully saturated rings. The van der Waals surface area contributed by atoms with Gasteiger partial charge in [0.05, 0.1) is 16.4 Å². The minimum atomic E-state index is -0.0962. The molecule has 3 nitrogen and oxygen atoms in total. The van der Waals surface area contributed by atoms with E-state index in [4.69, 9.17) is 0 Å². The van der Waals surface area contributed by atoms with Gasteiger partial charge in [0, 0.05) is 44.4 Å². The lowest BCUT2D eigenvalue weighted by molar-refractivity contribution is 0.331. The molecule has 0 saturated heterocycles. The van der Waals surface area contributed by atoms with Crippen molar-refractivity contribution >= 4 is 95.0 Å². The molecular formula is C74H78BN3S. The minimum absolute atomic E-state index is 0.00358. The number of hydrogen-bond donors (Lipinski definition) is 0. The predicted octanol–water partition coefficient (Wildman–Crippen LogP) is 19.4. The van der Waals surface area contributed by atoms with Gasteiger partial charge in [0.2, 0.25) is 0 Å². The van der Waals surface area contributed by atoms with Crippen LogP contribution in [0, 0.1) is 0 Å². The molecule has 0 atom stereocenters. The van der Waals surface area contributed by atoms with Gasteiger partial charge < -0.3 is 14.7 Å². The molecule has 0 spiro atoms. The maximum absolute atomic E-state index is 2.79. The summed E-state index contributed by atoms with van der Waals surface area (Å²) in [7, 11) is 0. The summed E-state index contributed by atoms with van der Waals surface area (Å²) in [6.45, 7) is 34.1. The summed E-state index contributed by atoms with van der Waals surface area (Å²) in [6, 6.07) is 66.0. The van der Waals surface area contributed by atoms with Gasteiger partial charge in [-0.2, -0.15) is 0 Å². The second-order valence-corrected chi connectivity index (χ2v) is 29.4. The second kappa shape index (κ2) is 17.8. The van der Waals surface area contributed by atoms with Crippen molar-refractivity contribution in [3.05, 3.63) is 203 Å². The Morgan fingerprint density at radius 1 is 0.456 bits per heavy atom. The van der Waals surface area contributed by atoms with E-state index >= 15 is 0 Å². The predicted molar refractivity (Wildman–Crippen MR) is 344 cm³/mol. The standard InChI is InChI=1S/C74H78BN3S/c1-69(2,3)48-30-36-60(54(42-48)47-24-18-15-19-25-47)78-62-46-53(76(50-26-20-16-21-27-50)51-28-22-17-23-29-51)45-61-66(62)75(65-55-43-49(70(4,5)6)31-37-63(55)79-68(65)78)59-35-34-57-64(74(13,14)41-40-72(57,9)10)67(59)77(61)52-32-33-56-58(44-52)73(11,12)39-38-71(56,7)8/h15-37,42-46H,38-41H2,1-14H3. The zero-order valence-electron chi connectivity index (χ0n) is 49.3. The molecular weight excluding hydrogens is 974 g/mol. The number of fused-ring (bicyclic) bond motifs is 9. The Morgan fingerprint density at radius 3 is 1.61 bits per heavy atom. The van der Waals surface area contributed by atoms with Crippen LogP contribution in [0.1, 0.15) is 156 Å². The lowest BCUT2D eigenvalue weighted by Crippen LogP contribution is -2.61. The Hall–Kier alpha value is -6.82. The van der Waals surface area contributed by atoms with Crippen molar-refractivity contribution in [2.45, 2.75) is 155 Å². The van der Waals surface area contributed by atoms with Crippen molar-refractivity contribution < 1.29 is 0 Å². The molecule has 13 rings (SSSR count). The average Bonchev–Trinajstić information content (AvgIpc) is 4.06. The molecule has 8 aromatic carbocycles. The lowest BCUT2D eigenvalue weighted by Gasteiger charge is -2.50. The van der Waals surface area contributed by atoms with Crippen molar-refractivity contribution in [1.82, 2.24) is 0 Å². The Balaban J connectivity index is 1.24. The third-order valence-electron chi connectivity index (χ3n) is 19.1. The molecule has 3 heterocycles. The number of benzene rings is 8. The molecule has 2 aliphatic heterocycles. The Kier molecular flexibility index (Phi) is 11.7. The van der Waals surface area contributed by atoms with Crippen LogP contribution < -0.4 is 31.1 Å². The number of rotatable bonds is 6. The molecule has 9 aromatic rings. The number of para-hydroxylation sites is 2. The van der Waals surface area contributed by atoms with Crippen LogP contribution in [-0.4, -0.2) is 6.71 Å². The molecule has 0 radical (unpaired) electrons. The number of anilines is 9. The van der Waals surface area contributed by atoms with Crippen LogP contribution in [0.4, 0.5) is 50.5 Å². The Labute approximate surface area is 476 Å². The van der Waals surface area contributed by atoms with E-state index in [9.17, 15) is 0 Å². The minimum Gasteiger partial charge on any atom is -0.311 e. The van der Waals surface area contributed by atoms with Gasteiger partial charge in [0.1, 0.15) is 0 Å². The normalized spacial score (nSPS) is 17.4. The van der Waals surface area contributed by atoms with Crippen LogP contribution in [0.5, 0.6) is 0 Å². The first-order valence-corrected chi connectivity index (χ1v) is 30.0. The first kappa shape index (κ1) is 51.6. The van der Waals surface area contributed by atoms with Crippen LogP contribution in [0.2, 0.25) is 0 Å². The number of thiophene rings is 1. The van der Waals surface area contributed by atoms with Gasteiger partial charge in [-0.3, -0.25) is 0 Å². The molecule has 79 heavy (non-hydrogen) atoms. The number of hydrogen-bond acceptors (Lipinski definition) is 4. The molecule has 0 saturated carbocycles. The van der Waals surface area contributed by atoms with E-state index in [0.29, 0.717) is 0 Å². The molecule has 0 unspecified atom stereocenters. The van der Waals surface area contributed by atoms with Gasteiger partial charge in [-0.05, 0) is 186 Å². The topological polar surface area (TPSA) is 9.72 Å². The molecule has 1 aromatic heterocycles. The average molecular weight is 1050 g/mol. The Bertz CT molecular complexity index is 3850. The van der Waals surface area contributed by atoms with Crippen molar-refractivity contribution in [3.63, 3.8) is 0 Å². The van der Waals surface area contributed by atoms with E-state index in [-0.39, 0.29) is 39.2 Å². The summed E-state index contributed by atoms with van der Waals surface area (Å²) >= 11 is 1.97. The zero-order chi connectivity index (χ0) is 55.3. The van der Waals surface area contributed by atoms with Crippen molar-refractivity contribution in [2.75, 3.05) is 14.7 Å². The highest BCUT2D eigenvalue weighted by Crippen LogP contribution is 2.58. The third kappa shape index (κ3) is 8.25. The number of nitrogens with zero attached hydrogens (tertiary/aromatic N) is 3. The van der Waals surface area contributed by atoms with Crippen LogP contribution >= 0.6 is 11.3 Å². The largest absolute Gasteiger partial charge is 0.311 e. The van der Waals surface area contributed by atoms with E-state index in [2.05, 4.69) is 281 Å². The van der Waals surface area contributed by atoms with E-state index in [1.54, 1.807) is 0 Å². The maximum Gasteiger partial charge on any atom is 0.254 e. The first-order chi connectivity index (χ1) is 37.4. The summed E-state index contributed by atoms with van der Waals surface area (Å²) < 4.78 is 1.32. The lowest BCUT2D eigenvalue weighted by atomic mass is 9.33. The summed E-state index contributed by atoms with van der Waals surface area (Å²) in [4.78, 5) is 8.01. The van der Waals surface area contributed by atoms with Gasteiger partial charge >= 0.3 is 0 Å². The smallest absolute Gasteiger partial charge is 0.254 e. The van der Waals surface area contributed by atoms with Gasteiger partial charge in [-0.1, -0.05) is 200 Å². The van der Waals surface area contributed by atoms with Crippen molar-refractivity contribution in [3.8, 4) is 11.1 Å². The second-order valence-electron chi connectivity index (χ2n) is 28.3. The molecule has 0 bridgehead atoms. The van der Waals surface area contributed by atoms with E-state index in [1.807, 2.05) is 11.3 Å².